The molecule has 0 aliphatic heterocycles. The smallest absolute Gasteiger partial charge is 0.308 e. The Bertz CT molecular complexity index is 639. The first-order valence-corrected chi connectivity index (χ1v) is 6.65. The van der Waals surface area contributed by atoms with E-state index in [9.17, 15) is 19.2 Å². The predicted molar refractivity (Wildman–Crippen MR) is 77.5 cm³/mol. The van der Waals surface area contributed by atoms with Crippen LogP contribution in [0.3, 0.4) is 0 Å². The molecule has 1 amide bonds. The summed E-state index contributed by atoms with van der Waals surface area (Å²) in [6.45, 7) is 3.55. The molecule has 1 unspecified atom stereocenters. The van der Waals surface area contributed by atoms with Gasteiger partial charge in [-0.1, -0.05) is 6.07 Å². The zero-order valence-corrected chi connectivity index (χ0v) is 13.0. The van der Waals surface area contributed by atoms with Crippen molar-refractivity contribution in [2.24, 2.45) is 5.73 Å². The summed E-state index contributed by atoms with van der Waals surface area (Å²) in [5.41, 5.74) is 5.68. The number of hydrogen-bond donors (Lipinski definition) is 1. The van der Waals surface area contributed by atoms with Crippen molar-refractivity contribution in [2.75, 3.05) is 0 Å². The largest absolute Gasteiger partial charge is 0.452 e. The summed E-state index contributed by atoms with van der Waals surface area (Å²) in [5.74, 6) is -2.58. The highest BCUT2D eigenvalue weighted by Gasteiger charge is 2.20. The van der Waals surface area contributed by atoms with Crippen LogP contribution in [-0.4, -0.2) is 29.9 Å². The first-order chi connectivity index (χ1) is 10.7. The van der Waals surface area contributed by atoms with E-state index in [1.54, 1.807) is 0 Å². The van der Waals surface area contributed by atoms with E-state index in [1.165, 1.54) is 32.0 Å². The fraction of sp³-hybridized carbons (Fsp3) is 0.333. The zero-order chi connectivity index (χ0) is 17.6. The van der Waals surface area contributed by atoms with E-state index in [0.29, 0.717) is 5.56 Å². The van der Waals surface area contributed by atoms with Gasteiger partial charge in [0.05, 0.1) is 0 Å². The lowest BCUT2D eigenvalue weighted by atomic mass is 10.1. The summed E-state index contributed by atoms with van der Waals surface area (Å²) < 4.78 is 14.7. The van der Waals surface area contributed by atoms with Crippen LogP contribution < -0.4 is 15.2 Å². The van der Waals surface area contributed by atoms with Gasteiger partial charge in [0, 0.05) is 27.2 Å². The number of esters is 3. The average Bonchev–Trinajstić information content (AvgIpc) is 2.39. The van der Waals surface area contributed by atoms with Gasteiger partial charge in [0.25, 0.3) is 5.91 Å². The van der Waals surface area contributed by atoms with E-state index in [2.05, 4.69) is 0 Å². The number of carbonyl (C=O) groups is 4. The van der Waals surface area contributed by atoms with Gasteiger partial charge in [-0.25, -0.2) is 0 Å². The van der Waals surface area contributed by atoms with E-state index in [4.69, 9.17) is 19.9 Å². The summed E-state index contributed by atoms with van der Waals surface area (Å²) in [5, 5.41) is 0. The van der Waals surface area contributed by atoms with Gasteiger partial charge in [-0.2, -0.15) is 0 Å². The molecule has 0 saturated carbocycles. The molecule has 0 spiro atoms. The van der Waals surface area contributed by atoms with Gasteiger partial charge < -0.3 is 19.9 Å². The SMILES string of the molecule is CC(=O)Oc1ccc(CC(OC(C)=O)C(N)=O)cc1OC(C)=O. The van der Waals surface area contributed by atoms with Crippen molar-refractivity contribution in [1.29, 1.82) is 0 Å². The molecular weight excluding hydrogens is 306 g/mol. The molecule has 0 aliphatic carbocycles. The Hall–Kier alpha value is -2.90. The molecule has 1 aromatic rings. The van der Waals surface area contributed by atoms with E-state index in [1.807, 2.05) is 0 Å². The van der Waals surface area contributed by atoms with Crippen LogP contribution in [0.4, 0.5) is 0 Å². The summed E-state index contributed by atoms with van der Waals surface area (Å²) in [7, 11) is 0. The molecule has 8 nitrogen and oxygen atoms in total. The van der Waals surface area contributed by atoms with Crippen LogP contribution in [0.25, 0.3) is 0 Å². The van der Waals surface area contributed by atoms with Crippen molar-refractivity contribution < 1.29 is 33.4 Å². The minimum Gasteiger partial charge on any atom is -0.452 e. The molecule has 0 aromatic heterocycles. The third-order valence-electron chi connectivity index (χ3n) is 2.56. The number of hydrogen-bond acceptors (Lipinski definition) is 7. The van der Waals surface area contributed by atoms with Gasteiger partial charge in [-0.15, -0.1) is 0 Å². The molecule has 0 bridgehead atoms. The van der Waals surface area contributed by atoms with E-state index >= 15 is 0 Å². The summed E-state index contributed by atoms with van der Waals surface area (Å²) in [6.07, 6.45) is -1.17. The van der Waals surface area contributed by atoms with E-state index in [-0.39, 0.29) is 17.9 Å². The molecule has 0 heterocycles. The van der Waals surface area contributed by atoms with Gasteiger partial charge in [-0.3, -0.25) is 19.2 Å². The monoisotopic (exact) mass is 323 g/mol. The van der Waals surface area contributed by atoms with Gasteiger partial charge in [0.15, 0.2) is 17.6 Å². The van der Waals surface area contributed by atoms with Crippen LogP contribution in [-0.2, 0) is 30.3 Å². The number of carbonyl (C=O) groups excluding carboxylic acids is 4. The Labute approximate surface area is 132 Å². The number of rotatable bonds is 6. The standard InChI is InChI=1S/C15H17NO7/c1-8(17)21-12-5-4-11(6-13(12)22-9(2)18)7-14(15(16)20)23-10(3)19/h4-6,14H,7H2,1-3H3,(H2,16,20). The lowest BCUT2D eigenvalue weighted by Gasteiger charge is -2.15. The van der Waals surface area contributed by atoms with Crippen LogP contribution in [0, 0.1) is 0 Å². The van der Waals surface area contributed by atoms with Crippen LogP contribution >= 0.6 is 0 Å². The second-order valence-corrected chi connectivity index (χ2v) is 4.67. The molecule has 1 rings (SSSR count). The van der Waals surface area contributed by atoms with Crippen molar-refractivity contribution in [1.82, 2.24) is 0 Å². The van der Waals surface area contributed by atoms with Gasteiger partial charge in [0.2, 0.25) is 0 Å². The number of primary amides is 1. The molecule has 1 atom stereocenters. The Morgan fingerprint density at radius 1 is 0.957 bits per heavy atom. The Morgan fingerprint density at radius 2 is 1.52 bits per heavy atom. The average molecular weight is 323 g/mol. The fourth-order valence-electron chi connectivity index (χ4n) is 1.77. The molecule has 1 aromatic carbocycles. The molecule has 8 heteroatoms. The topological polar surface area (TPSA) is 122 Å². The number of benzene rings is 1. The van der Waals surface area contributed by atoms with Crippen LogP contribution in [0.5, 0.6) is 11.5 Å². The highest BCUT2D eigenvalue weighted by atomic mass is 16.6. The molecule has 0 saturated heterocycles. The van der Waals surface area contributed by atoms with Crippen molar-refractivity contribution in [2.45, 2.75) is 33.3 Å². The molecule has 0 radical (unpaired) electrons. The highest BCUT2D eigenvalue weighted by Crippen LogP contribution is 2.29. The number of amides is 1. The maximum Gasteiger partial charge on any atom is 0.308 e. The highest BCUT2D eigenvalue weighted by molar-refractivity contribution is 5.82. The second-order valence-electron chi connectivity index (χ2n) is 4.67. The summed E-state index contributed by atoms with van der Waals surface area (Å²) in [4.78, 5) is 44.5. The Balaban J connectivity index is 3.07. The van der Waals surface area contributed by atoms with Gasteiger partial charge >= 0.3 is 17.9 Å². The first-order valence-electron chi connectivity index (χ1n) is 6.65. The zero-order valence-electron chi connectivity index (χ0n) is 13.0. The summed E-state index contributed by atoms with van der Waals surface area (Å²) in [6, 6.07) is 4.34. The quantitative estimate of drug-likeness (QED) is 0.597. The maximum atomic E-state index is 11.3. The fourth-order valence-corrected chi connectivity index (χ4v) is 1.77. The predicted octanol–water partition coefficient (Wildman–Crippen LogP) is 0.497. The number of nitrogens with two attached hydrogens (primary N) is 1. The Morgan fingerprint density at radius 3 is 2.00 bits per heavy atom. The molecule has 0 aliphatic rings. The van der Waals surface area contributed by atoms with Crippen LogP contribution in [0.2, 0.25) is 0 Å². The first kappa shape index (κ1) is 18.1. The lowest BCUT2D eigenvalue weighted by Crippen LogP contribution is -2.34. The van der Waals surface area contributed by atoms with Crippen LogP contribution in [0.1, 0.15) is 26.3 Å². The van der Waals surface area contributed by atoms with Crippen molar-refractivity contribution >= 4 is 23.8 Å². The third kappa shape index (κ3) is 6.16. The molecule has 2 N–H and O–H groups in total. The minimum atomic E-state index is -1.16. The third-order valence-corrected chi connectivity index (χ3v) is 2.56. The van der Waals surface area contributed by atoms with Crippen molar-refractivity contribution in [3.05, 3.63) is 23.8 Å². The lowest BCUT2D eigenvalue weighted by molar-refractivity contribution is -0.152. The molecule has 124 valence electrons. The van der Waals surface area contributed by atoms with Gasteiger partial charge in [-0.05, 0) is 17.7 Å². The molecule has 23 heavy (non-hydrogen) atoms. The van der Waals surface area contributed by atoms with Gasteiger partial charge in [0.1, 0.15) is 0 Å². The second kappa shape index (κ2) is 7.92. The Kier molecular flexibility index (Phi) is 6.25. The van der Waals surface area contributed by atoms with Crippen LogP contribution in [0.15, 0.2) is 18.2 Å². The minimum absolute atomic E-state index is 0.0104. The molecular formula is C15H17NO7. The number of ether oxygens (including phenoxy) is 3. The normalized spacial score (nSPS) is 11.3. The van der Waals surface area contributed by atoms with Crippen molar-refractivity contribution in [3.63, 3.8) is 0 Å². The van der Waals surface area contributed by atoms with E-state index < -0.39 is 29.9 Å². The van der Waals surface area contributed by atoms with Crippen molar-refractivity contribution in [3.8, 4) is 11.5 Å². The van der Waals surface area contributed by atoms with E-state index in [0.717, 1.165) is 6.92 Å². The molecule has 0 fully saturated rings. The maximum absolute atomic E-state index is 11.3. The summed E-state index contributed by atoms with van der Waals surface area (Å²) >= 11 is 0.